The number of methoxy groups -OCH3 is 1. The number of sulfonamides is 1. The zero-order chi connectivity index (χ0) is 13.8. The summed E-state index contributed by atoms with van der Waals surface area (Å²) in [5.41, 5.74) is 0.880. The number of carboxylic acid groups (broad SMARTS) is 1. The fourth-order valence-electron chi connectivity index (χ4n) is 1.32. The number of benzene rings is 1. The minimum atomic E-state index is -4.10. The summed E-state index contributed by atoms with van der Waals surface area (Å²) in [6.07, 6.45) is -1.77. The molecule has 0 heterocycles. The van der Waals surface area contributed by atoms with Crippen molar-refractivity contribution >= 4 is 16.1 Å². The Morgan fingerprint density at radius 1 is 1.32 bits per heavy atom. The fourth-order valence-corrected chi connectivity index (χ4v) is 2.57. The molecule has 6 nitrogen and oxygen atoms in total. The Labute approximate surface area is 134 Å². The van der Waals surface area contributed by atoms with E-state index in [4.69, 9.17) is 0 Å². The maximum Gasteiger partial charge on any atom is 1.00 e. The molecule has 1 rings (SSSR count). The molecule has 0 saturated carbocycles. The quantitative estimate of drug-likeness (QED) is 0.540. The van der Waals surface area contributed by atoms with Gasteiger partial charge in [-0.25, -0.2) is 12.7 Å². The van der Waals surface area contributed by atoms with E-state index in [-0.39, 0.29) is 51.9 Å². The second-order valence-corrected chi connectivity index (χ2v) is 5.51. The van der Waals surface area contributed by atoms with Gasteiger partial charge in [-0.05, 0) is 19.1 Å². The predicted molar refractivity (Wildman–Crippen MR) is 62.3 cm³/mol. The summed E-state index contributed by atoms with van der Waals surface area (Å²) >= 11 is 0. The number of ether oxygens (including phenoxy) is 1. The van der Waals surface area contributed by atoms with Crippen LogP contribution in [0.2, 0.25) is 0 Å². The van der Waals surface area contributed by atoms with Gasteiger partial charge in [0.15, 0.2) is 6.09 Å². The Balaban J connectivity index is 0.00000324. The van der Waals surface area contributed by atoms with Crippen molar-refractivity contribution < 1.29 is 52.6 Å². The number of hydrogen-bond acceptors (Lipinski definition) is 5. The van der Waals surface area contributed by atoms with Gasteiger partial charge in [0.05, 0.1) is 18.0 Å². The molecule has 0 bridgehead atoms. The molecule has 1 aromatic carbocycles. The van der Waals surface area contributed by atoms with Crippen LogP contribution in [0.15, 0.2) is 29.2 Å². The maximum absolute atomic E-state index is 12.0. The summed E-state index contributed by atoms with van der Waals surface area (Å²) in [4.78, 5) is 10.8. The van der Waals surface area contributed by atoms with Crippen molar-refractivity contribution in [3.05, 3.63) is 29.8 Å². The molecule has 0 spiro atoms. The molecule has 0 radical (unpaired) electrons. The molecule has 1 aromatic rings. The number of rotatable bonds is 5. The van der Waals surface area contributed by atoms with E-state index in [9.17, 15) is 18.3 Å². The van der Waals surface area contributed by atoms with E-state index >= 15 is 0 Å². The maximum atomic E-state index is 12.0. The van der Waals surface area contributed by atoms with Crippen LogP contribution < -0.4 is 34.7 Å². The second kappa shape index (κ2) is 7.86. The first kappa shape index (κ1) is 18.4. The topological polar surface area (TPSA) is 86.7 Å². The minimum Gasteiger partial charge on any atom is -0.529 e. The van der Waals surface area contributed by atoms with E-state index < -0.39 is 16.1 Å². The van der Waals surface area contributed by atoms with E-state index in [0.29, 0.717) is 0 Å². The Morgan fingerprint density at radius 2 is 1.84 bits per heavy atom. The Hall–Kier alpha value is -0.600. The average molecular weight is 295 g/mol. The zero-order valence-corrected chi connectivity index (χ0v) is 13.9. The summed E-state index contributed by atoms with van der Waals surface area (Å²) in [6, 6.07) is 5.90. The molecule has 100 valence electrons. The molecule has 0 aliphatic heterocycles. The molecule has 19 heavy (non-hydrogen) atoms. The third kappa shape index (κ3) is 4.77. The number of hydrogen-bond donors (Lipinski definition) is 0. The van der Waals surface area contributed by atoms with Crippen molar-refractivity contribution in [3.8, 4) is 0 Å². The Morgan fingerprint density at radius 3 is 2.26 bits per heavy atom. The van der Waals surface area contributed by atoms with Crippen molar-refractivity contribution in [2.45, 2.75) is 11.8 Å². The van der Waals surface area contributed by atoms with Crippen LogP contribution in [-0.4, -0.2) is 39.1 Å². The van der Waals surface area contributed by atoms with Gasteiger partial charge in [0.2, 0.25) is 0 Å². The van der Waals surface area contributed by atoms with E-state index in [1.165, 1.54) is 19.2 Å². The largest absolute Gasteiger partial charge is 1.00 e. The summed E-state index contributed by atoms with van der Waals surface area (Å²) in [5, 5.41) is 10.9. The smallest absolute Gasteiger partial charge is 0.529 e. The zero-order valence-electron chi connectivity index (χ0n) is 11.1. The number of aryl methyl sites for hydroxylation is 1. The third-order valence-corrected chi connectivity index (χ3v) is 4.09. The Bertz CT molecular complexity index is 514. The molecule has 0 unspecified atom stereocenters. The summed E-state index contributed by atoms with van der Waals surface area (Å²) in [6.45, 7) is 1.48. The summed E-state index contributed by atoms with van der Waals surface area (Å²) < 4.78 is 29.0. The molecule has 0 aromatic heterocycles. The standard InChI is InChI=1S/C11H15NO5S.Na/c1-9-3-5-10(6-4-9)18(15,16)12(11(13)14)7-8-17-2;/h3-6H,7-8H2,1-2H3,(H,13,14);/q;+1/p-1. The number of nitrogens with zero attached hydrogens (tertiary/aromatic N) is 1. The van der Waals surface area contributed by atoms with Crippen molar-refractivity contribution in [1.29, 1.82) is 0 Å². The van der Waals surface area contributed by atoms with E-state index in [1.807, 2.05) is 0 Å². The van der Waals surface area contributed by atoms with Gasteiger partial charge in [-0.2, -0.15) is 0 Å². The van der Waals surface area contributed by atoms with Crippen molar-refractivity contribution in [2.24, 2.45) is 0 Å². The fraction of sp³-hybridized carbons (Fsp3) is 0.364. The van der Waals surface area contributed by atoms with Crippen LogP contribution in [-0.2, 0) is 14.8 Å². The second-order valence-electron chi connectivity index (χ2n) is 3.65. The molecule has 0 atom stereocenters. The first-order chi connectivity index (χ1) is 8.39. The monoisotopic (exact) mass is 295 g/mol. The molecule has 0 aliphatic rings. The number of amides is 1. The molecule has 0 fully saturated rings. The molecular formula is C11H14NNaO5S. The first-order valence-corrected chi connectivity index (χ1v) is 6.63. The Kier molecular flexibility index (Phi) is 7.61. The van der Waals surface area contributed by atoms with Crippen LogP contribution in [0.3, 0.4) is 0 Å². The average Bonchev–Trinajstić information content (AvgIpc) is 2.29. The number of carbonyl (C=O) groups excluding carboxylic acids is 1. The van der Waals surface area contributed by atoms with Crippen LogP contribution in [0.5, 0.6) is 0 Å². The van der Waals surface area contributed by atoms with Crippen molar-refractivity contribution in [2.75, 3.05) is 20.3 Å². The normalized spacial score (nSPS) is 10.6. The van der Waals surface area contributed by atoms with Gasteiger partial charge >= 0.3 is 29.6 Å². The molecule has 8 heteroatoms. The van der Waals surface area contributed by atoms with Crippen LogP contribution in [0, 0.1) is 6.92 Å². The van der Waals surface area contributed by atoms with Crippen molar-refractivity contribution in [1.82, 2.24) is 4.31 Å². The van der Waals surface area contributed by atoms with E-state index in [1.54, 1.807) is 19.1 Å². The van der Waals surface area contributed by atoms with E-state index in [0.717, 1.165) is 5.56 Å². The molecule has 0 saturated heterocycles. The van der Waals surface area contributed by atoms with Gasteiger partial charge in [0, 0.05) is 7.11 Å². The first-order valence-electron chi connectivity index (χ1n) is 5.19. The molecule has 1 amide bonds. The van der Waals surface area contributed by atoms with Gasteiger partial charge in [-0.3, -0.25) is 0 Å². The van der Waals surface area contributed by atoms with Crippen LogP contribution in [0.4, 0.5) is 4.79 Å². The molecular weight excluding hydrogens is 281 g/mol. The van der Waals surface area contributed by atoms with Gasteiger partial charge in [0.25, 0.3) is 10.0 Å². The van der Waals surface area contributed by atoms with Gasteiger partial charge in [0.1, 0.15) is 0 Å². The van der Waals surface area contributed by atoms with E-state index in [2.05, 4.69) is 4.74 Å². The van der Waals surface area contributed by atoms with Crippen molar-refractivity contribution in [3.63, 3.8) is 0 Å². The predicted octanol–water partition coefficient (Wildman–Crippen LogP) is -3.02. The SMILES string of the molecule is COCCN(C(=O)[O-])S(=O)(=O)c1ccc(C)cc1.[Na+]. The molecule has 0 N–H and O–H groups in total. The van der Waals surface area contributed by atoms with Crippen LogP contribution in [0.1, 0.15) is 5.56 Å². The van der Waals surface area contributed by atoms with Gasteiger partial charge in [-0.1, -0.05) is 17.7 Å². The van der Waals surface area contributed by atoms with Crippen LogP contribution in [0.25, 0.3) is 0 Å². The minimum absolute atomic E-state index is 0. The van der Waals surface area contributed by atoms with Crippen LogP contribution >= 0.6 is 0 Å². The molecule has 0 aliphatic carbocycles. The number of carbonyl (C=O) groups is 1. The van der Waals surface area contributed by atoms with Gasteiger partial charge in [-0.15, -0.1) is 0 Å². The van der Waals surface area contributed by atoms with Gasteiger partial charge < -0.3 is 14.6 Å². The summed E-state index contributed by atoms with van der Waals surface area (Å²) in [5.74, 6) is 0. The third-order valence-electron chi connectivity index (χ3n) is 2.31. The summed E-state index contributed by atoms with van der Waals surface area (Å²) in [7, 11) is -2.74.